The number of hydrogen-bond donors (Lipinski definition) is 0. The molecule has 15 heavy (non-hydrogen) atoms. The van der Waals surface area contributed by atoms with Crippen molar-refractivity contribution in [1.82, 2.24) is 9.38 Å². The first-order valence-corrected chi connectivity index (χ1v) is 6.20. The van der Waals surface area contributed by atoms with E-state index in [1.54, 1.807) is 0 Å². The van der Waals surface area contributed by atoms with Crippen LogP contribution in [0.2, 0.25) is 0 Å². The molecule has 2 aromatic rings. The summed E-state index contributed by atoms with van der Waals surface area (Å²) in [6.45, 7) is 2.14. The van der Waals surface area contributed by atoms with Crippen LogP contribution < -0.4 is 0 Å². The summed E-state index contributed by atoms with van der Waals surface area (Å²) < 4.78 is 3.27. The fourth-order valence-corrected chi connectivity index (χ4v) is 2.72. The third-order valence-electron chi connectivity index (χ3n) is 3.31. The molecular formula is C12H13BrN2. The molecule has 1 aliphatic carbocycles. The number of halogens is 1. The molecule has 0 aliphatic heterocycles. The van der Waals surface area contributed by atoms with Crippen LogP contribution in [0.4, 0.5) is 0 Å². The number of aromatic nitrogens is 2. The molecule has 3 heteroatoms. The van der Waals surface area contributed by atoms with Gasteiger partial charge in [-0.3, -0.25) is 4.40 Å². The lowest BCUT2D eigenvalue weighted by atomic mass is 9.85. The first-order chi connectivity index (χ1) is 7.27. The minimum Gasteiger partial charge on any atom is -0.300 e. The van der Waals surface area contributed by atoms with Crippen molar-refractivity contribution in [3.05, 3.63) is 34.3 Å². The van der Waals surface area contributed by atoms with Crippen molar-refractivity contribution in [2.24, 2.45) is 0 Å². The van der Waals surface area contributed by atoms with Crippen LogP contribution in [0, 0.1) is 6.92 Å². The lowest BCUT2D eigenvalue weighted by molar-refractivity contribution is 0.399. The van der Waals surface area contributed by atoms with E-state index in [0.29, 0.717) is 5.92 Å². The molecule has 0 spiro atoms. The van der Waals surface area contributed by atoms with E-state index in [4.69, 9.17) is 0 Å². The normalized spacial score (nSPS) is 16.9. The highest BCUT2D eigenvalue weighted by Gasteiger charge is 2.25. The van der Waals surface area contributed by atoms with Crippen molar-refractivity contribution < 1.29 is 0 Å². The minimum absolute atomic E-state index is 0.671. The Morgan fingerprint density at radius 2 is 2.20 bits per heavy atom. The van der Waals surface area contributed by atoms with Gasteiger partial charge < -0.3 is 0 Å². The van der Waals surface area contributed by atoms with Gasteiger partial charge in [-0.15, -0.1) is 0 Å². The van der Waals surface area contributed by atoms with Gasteiger partial charge in [-0.25, -0.2) is 4.98 Å². The maximum Gasteiger partial charge on any atom is 0.132 e. The quantitative estimate of drug-likeness (QED) is 0.769. The third kappa shape index (κ3) is 1.33. The van der Waals surface area contributed by atoms with E-state index in [9.17, 15) is 0 Å². The van der Waals surface area contributed by atoms with Gasteiger partial charge >= 0.3 is 0 Å². The molecule has 2 aromatic heterocycles. The Labute approximate surface area is 97.5 Å². The van der Waals surface area contributed by atoms with Crippen LogP contribution in [-0.4, -0.2) is 9.38 Å². The van der Waals surface area contributed by atoms with Crippen LogP contribution in [0.25, 0.3) is 5.52 Å². The molecule has 78 valence electrons. The van der Waals surface area contributed by atoms with Crippen molar-refractivity contribution >= 4 is 21.4 Å². The van der Waals surface area contributed by atoms with E-state index in [-0.39, 0.29) is 0 Å². The summed E-state index contributed by atoms with van der Waals surface area (Å²) in [7, 11) is 0. The molecule has 0 radical (unpaired) electrons. The zero-order chi connectivity index (χ0) is 10.4. The monoisotopic (exact) mass is 264 g/mol. The van der Waals surface area contributed by atoms with Crippen LogP contribution in [0.3, 0.4) is 0 Å². The smallest absolute Gasteiger partial charge is 0.132 e. The van der Waals surface area contributed by atoms with Crippen LogP contribution in [0.5, 0.6) is 0 Å². The molecule has 0 unspecified atom stereocenters. The van der Waals surface area contributed by atoms with Gasteiger partial charge in [-0.2, -0.15) is 0 Å². The molecule has 1 saturated carbocycles. The van der Waals surface area contributed by atoms with Crippen LogP contribution in [0.1, 0.15) is 36.7 Å². The van der Waals surface area contributed by atoms with Gasteiger partial charge in [0.05, 0.1) is 5.52 Å². The lowest BCUT2D eigenvalue weighted by Crippen LogP contribution is -2.13. The Kier molecular flexibility index (Phi) is 2.09. The molecule has 1 fully saturated rings. The molecule has 0 N–H and O–H groups in total. The number of nitrogens with zero attached hydrogens (tertiary/aromatic N) is 2. The summed E-state index contributed by atoms with van der Waals surface area (Å²) >= 11 is 3.54. The molecular weight excluding hydrogens is 252 g/mol. The Bertz CT molecular complexity index is 512. The van der Waals surface area contributed by atoms with Crippen molar-refractivity contribution in [1.29, 1.82) is 0 Å². The number of fused-ring (bicyclic) bond motifs is 1. The standard InChI is InChI=1S/C12H13BrN2/c1-8-4-2-7-10-11(13)14-12(15(8)10)9-5-3-6-9/h2,4,7,9H,3,5-6H2,1H3. The highest BCUT2D eigenvalue weighted by Crippen LogP contribution is 2.37. The third-order valence-corrected chi connectivity index (χ3v) is 3.89. The largest absolute Gasteiger partial charge is 0.300 e. The molecule has 0 atom stereocenters. The van der Waals surface area contributed by atoms with Crippen molar-refractivity contribution in [3.8, 4) is 0 Å². The Balaban J connectivity index is 2.29. The van der Waals surface area contributed by atoms with Gasteiger partial charge in [0.25, 0.3) is 0 Å². The molecule has 0 amide bonds. The Hall–Kier alpha value is -0.830. The molecule has 0 bridgehead atoms. The van der Waals surface area contributed by atoms with Crippen LogP contribution in [0.15, 0.2) is 22.8 Å². The van der Waals surface area contributed by atoms with Gasteiger partial charge in [0.2, 0.25) is 0 Å². The van der Waals surface area contributed by atoms with E-state index < -0.39 is 0 Å². The van der Waals surface area contributed by atoms with E-state index in [1.165, 1.54) is 36.3 Å². The second kappa shape index (κ2) is 3.34. The van der Waals surface area contributed by atoms with Gasteiger partial charge in [0.15, 0.2) is 0 Å². The van der Waals surface area contributed by atoms with E-state index in [1.807, 2.05) is 0 Å². The zero-order valence-corrected chi connectivity index (χ0v) is 10.3. The predicted molar refractivity (Wildman–Crippen MR) is 64.2 cm³/mol. The summed E-state index contributed by atoms with van der Waals surface area (Å²) in [5.74, 6) is 1.91. The van der Waals surface area contributed by atoms with Crippen molar-refractivity contribution in [3.63, 3.8) is 0 Å². The summed E-state index contributed by atoms with van der Waals surface area (Å²) in [4.78, 5) is 4.65. The topological polar surface area (TPSA) is 17.3 Å². The van der Waals surface area contributed by atoms with Gasteiger partial charge in [-0.05, 0) is 47.8 Å². The van der Waals surface area contributed by atoms with E-state index >= 15 is 0 Å². The molecule has 0 saturated heterocycles. The minimum atomic E-state index is 0.671. The molecule has 0 aromatic carbocycles. The fraction of sp³-hybridized carbons (Fsp3) is 0.417. The summed E-state index contributed by atoms with van der Waals surface area (Å²) in [5.41, 5.74) is 2.46. The van der Waals surface area contributed by atoms with E-state index in [0.717, 1.165) is 4.60 Å². The zero-order valence-electron chi connectivity index (χ0n) is 8.70. The molecule has 2 heterocycles. The number of imidazole rings is 1. The maximum atomic E-state index is 4.65. The summed E-state index contributed by atoms with van der Waals surface area (Å²) in [6.07, 6.45) is 3.93. The SMILES string of the molecule is Cc1cccc2c(Br)nc(C3CCC3)n12. The van der Waals surface area contributed by atoms with Gasteiger partial charge in [0, 0.05) is 11.6 Å². The number of pyridine rings is 1. The average Bonchev–Trinajstić information content (AvgIpc) is 2.43. The van der Waals surface area contributed by atoms with Crippen LogP contribution >= 0.6 is 15.9 Å². The maximum absolute atomic E-state index is 4.65. The highest BCUT2D eigenvalue weighted by molar-refractivity contribution is 9.10. The second-order valence-corrected chi connectivity index (χ2v) is 5.03. The molecule has 3 rings (SSSR count). The lowest BCUT2D eigenvalue weighted by Gasteiger charge is -2.24. The first-order valence-electron chi connectivity index (χ1n) is 5.41. The van der Waals surface area contributed by atoms with Crippen molar-refractivity contribution in [2.45, 2.75) is 32.1 Å². The summed E-state index contributed by atoms with van der Waals surface area (Å²) in [6, 6.07) is 6.34. The first kappa shape index (κ1) is 9.40. The van der Waals surface area contributed by atoms with Crippen molar-refractivity contribution in [2.75, 3.05) is 0 Å². The fourth-order valence-electron chi connectivity index (χ4n) is 2.23. The Morgan fingerprint density at radius 3 is 2.87 bits per heavy atom. The number of aryl methyl sites for hydroxylation is 1. The molecule has 1 aliphatic rings. The number of rotatable bonds is 1. The average molecular weight is 265 g/mol. The summed E-state index contributed by atoms with van der Waals surface area (Å²) in [5, 5.41) is 0. The van der Waals surface area contributed by atoms with Gasteiger partial charge in [0.1, 0.15) is 10.4 Å². The highest BCUT2D eigenvalue weighted by atomic mass is 79.9. The molecule has 2 nitrogen and oxygen atoms in total. The van der Waals surface area contributed by atoms with Crippen LogP contribution in [-0.2, 0) is 0 Å². The van der Waals surface area contributed by atoms with E-state index in [2.05, 4.69) is 50.4 Å². The predicted octanol–water partition coefficient (Wildman–Crippen LogP) is 3.67. The Morgan fingerprint density at radius 1 is 1.40 bits per heavy atom. The second-order valence-electron chi connectivity index (χ2n) is 4.28. The van der Waals surface area contributed by atoms with Gasteiger partial charge in [-0.1, -0.05) is 12.5 Å². The number of hydrogen-bond acceptors (Lipinski definition) is 1.